The first-order valence-electron chi connectivity index (χ1n) is 9.09. The lowest BCUT2D eigenvalue weighted by molar-refractivity contribution is -0.135. The monoisotopic (exact) mass is 347 g/mol. The standard InChI is InChI=1S/C19H29N3O3/c1-3-21(4-2)19(25)15-20-11-13-22(14-12-20)18(24)10-9-16-7-5-6-8-17(16)23/h5-8,23H,3-4,9-15H2,1-2H3. The van der Waals surface area contributed by atoms with Crippen molar-refractivity contribution in [3.05, 3.63) is 29.8 Å². The molecule has 0 atom stereocenters. The maximum Gasteiger partial charge on any atom is 0.236 e. The van der Waals surface area contributed by atoms with Crippen molar-refractivity contribution in [1.29, 1.82) is 0 Å². The van der Waals surface area contributed by atoms with E-state index in [2.05, 4.69) is 4.90 Å². The Balaban J connectivity index is 1.75. The zero-order chi connectivity index (χ0) is 18.2. The molecule has 0 spiro atoms. The third kappa shape index (κ3) is 5.46. The lowest BCUT2D eigenvalue weighted by atomic mass is 10.1. The molecule has 1 aliphatic heterocycles. The van der Waals surface area contributed by atoms with Crippen LogP contribution >= 0.6 is 0 Å². The molecule has 1 heterocycles. The van der Waals surface area contributed by atoms with Gasteiger partial charge in [-0.05, 0) is 31.9 Å². The number of amides is 2. The maximum absolute atomic E-state index is 12.4. The van der Waals surface area contributed by atoms with Crippen molar-refractivity contribution in [2.75, 3.05) is 45.8 Å². The summed E-state index contributed by atoms with van der Waals surface area (Å²) in [6, 6.07) is 7.13. The fourth-order valence-corrected chi connectivity index (χ4v) is 3.14. The number of aromatic hydroxyl groups is 1. The van der Waals surface area contributed by atoms with E-state index in [1.54, 1.807) is 12.1 Å². The molecule has 0 unspecified atom stereocenters. The zero-order valence-corrected chi connectivity index (χ0v) is 15.3. The van der Waals surface area contributed by atoms with E-state index in [9.17, 15) is 14.7 Å². The van der Waals surface area contributed by atoms with Gasteiger partial charge in [0.25, 0.3) is 0 Å². The second-order valence-electron chi connectivity index (χ2n) is 6.35. The Kier molecular flexibility index (Phi) is 7.25. The molecular weight excluding hydrogens is 318 g/mol. The van der Waals surface area contributed by atoms with Crippen LogP contribution in [0.1, 0.15) is 25.8 Å². The highest BCUT2D eigenvalue weighted by Crippen LogP contribution is 2.18. The molecule has 0 aliphatic carbocycles. The summed E-state index contributed by atoms with van der Waals surface area (Å²) in [7, 11) is 0. The highest BCUT2D eigenvalue weighted by atomic mass is 16.3. The Hall–Kier alpha value is -2.08. The number of hydrogen-bond acceptors (Lipinski definition) is 4. The number of nitrogens with zero attached hydrogens (tertiary/aromatic N) is 3. The molecule has 0 radical (unpaired) electrons. The molecular formula is C19H29N3O3. The third-order valence-electron chi connectivity index (χ3n) is 4.80. The van der Waals surface area contributed by atoms with E-state index in [0.717, 1.165) is 31.7 Å². The Morgan fingerprint density at radius 2 is 1.72 bits per heavy atom. The van der Waals surface area contributed by atoms with E-state index < -0.39 is 0 Å². The van der Waals surface area contributed by atoms with Crippen molar-refractivity contribution in [2.24, 2.45) is 0 Å². The maximum atomic E-state index is 12.4. The van der Waals surface area contributed by atoms with Gasteiger partial charge in [0, 0.05) is 45.7 Å². The number of phenolic OH excluding ortho intramolecular Hbond substituents is 1. The van der Waals surface area contributed by atoms with E-state index in [0.29, 0.717) is 32.5 Å². The largest absolute Gasteiger partial charge is 0.508 e. The molecule has 25 heavy (non-hydrogen) atoms. The highest BCUT2D eigenvalue weighted by Gasteiger charge is 2.23. The van der Waals surface area contributed by atoms with E-state index >= 15 is 0 Å². The summed E-state index contributed by atoms with van der Waals surface area (Å²) in [6.07, 6.45) is 0.947. The lowest BCUT2D eigenvalue weighted by Crippen LogP contribution is -2.51. The van der Waals surface area contributed by atoms with Crippen molar-refractivity contribution in [1.82, 2.24) is 14.7 Å². The molecule has 6 heteroatoms. The van der Waals surface area contributed by atoms with Gasteiger partial charge >= 0.3 is 0 Å². The Morgan fingerprint density at radius 3 is 2.32 bits per heavy atom. The summed E-state index contributed by atoms with van der Waals surface area (Å²) in [5.74, 6) is 0.511. The zero-order valence-electron chi connectivity index (χ0n) is 15.3. The summed E-state index contributed by atoms with van der Waals surface area (Å²) in [6.45, 7) is 8.66. The first-order valence-corrected chi connectivity index (χ1v) is 9.09. The Bertz CT molecular complexity index is 579. The number of phenols is 1. The lowest BCUT2D eigenvalue weighted by Gasteiger charge is -2.35. The van der Waals surface area contributed by atoms with Crippen molar-refractivity contribution in [2.45, 2.75) is 26.7 Å². The fraction of sp³-hybridized carbons (Fsp3) is 0.579. The SMILES string of the molecule is CCN(CC)C(=O)CN1CCN(C(=O)CCc2ccccc2O)CC1. The van der Waals surface area contributed by atoms with Crippen LogP contribution in [0.15, 0.2) is 24.3 Å². The summed E-state index contributed by atoms with van der Waals surface area (Å²) in [5.41, 5.74) is 0.805. The average molecular weight is 347 g/mol. The van der Waals surface area contributed by atoms with Gasteiger partial charge in [0.2, 0.25) is 11.8 Å². The average Bonchev–Trinajstić information content (AvgIpc) is 2.62. The molecule has 1 aromatic rings. The fourth-order valence-electron chi connectivity index (χ4n) is 3.14. The summed E-state index contributed by atoms with van der Waals surface area (Å²) in [4.78, 5) is 30.3. The predicted molar refractivity (Wildman–Crippen MR) is 97.4 cm³/mol. The molecule has 0 saturated carbocycles. The quantitative estimate of drug-likeness (QED) is 0.808. The second kappa shape index (κ2) is 9.42. The van der Waals surface area contributed by atoms with Gasteiger partial charge < -0.3 is 14.9 Å². The molecule has 1 N–H and O–H groups in total. The number of rotatable bonds is 7. The van der Waals surface area contributed by atoms with E-state index in [4.69, 9.17) is 0 Å². The number of aryl methyl sites for hydroxylation is 1. The van der Waals surface area contributed by atoms with Crippen LogP contribution in [0.2, 0.25) is 0 Å². The van der Waals surface area contributed by atoms with Crippen molar-refractivity contribution in [3.63, 3.8) is 0 Å². The van der Waals surface area contributed by atoms with Crippen LogP contribution in [0.4, 0.5) is 0 Å². The predicted octanol–water partition coefficient (Wildman–Crippen LogP) is 1.34. The molecule has 1 fully saturated rings. The van der Waals surface area contributed by atoms with Crippen LogP contribution < -0.4 is 0 Å². The molecule has 0 aromatic heterocycles. The highest BCUT2D eigenvalue weighted by molar-refractivity contribution is 5.78. The molecule has 1 saturated heterocycles. The van der Waals surface area contributed by atoms with E-state index in [1.165, 1.54) is 0 Å². The van der Waals surface area contributed by atoms with Crippen molar-refractivity contribution >= 4 is 11.8 Å². The van der Waals surface area contributed by atoms with Gasteiger partial charge in [-0.25, -0.2) is 0 Å². The van der Waals surface area contributed by atoms with Gasteiger partial charge in [-0.2, -0.15) is 0 Å². The number of para-hydroxylation sites is 1. The number of likely N-dealkylation sites (N-methyl/N-ethyl adjacent to an activating group) is 1. The summed E-state index contributed by atoms with van der Waals surface area (Å²) < 4.78 is 0. The number of carbonyl (C=O) groups excluding carboxylic acids is 2. The van der Waals surface area contributed by atoms with Crippen LogP contribution in [-0.2, 0) is 16.0 Å². The molecule has 6 nitrogen and oxygen atoms in total. The molecule has 2 rings (SSSR count). The summed E-state index contributed by atoms with van der Waals surface area (Å²) >= 11 is 0. The minimum atomic E-state index is 0.109. The molecule has 1 aromatic carbocycles. The summed E-state index contributed by atoms with van der Waals surface area (Å²) in [5, 5.41) is 9.77. The minimum absolute atomic E-state index is 0.109. The van der Waals surface area contributed by atoms with Gasteiger partial charge in [-0.1, -0.05) is 18.2 Å². The van der Waals surface area contributed by atoms with Crippen molar-refractivity contribution < 1.29 is 14.7 Å². The number of hydrogen-bond donors (Lipinski definition) is 1. The third-order valence-corrected chi connectivity index (χ3v) is 4.80. The van der Waals surface area contributed by atoms with Crippen LogP contribution in [0.25, 0.3) is 0 Å². The normalized spacial score (nSPS) is 15.2. The Labute approximate surface area is 150 Å². The van der Waals surface area contributed by atoms with Gasteiger partial charge in [0.05, 0.1) is 6.54 Å². The smallest absolute Gasteiger partial charge is 0.236 e. The number of carbonyl (C=O) groups is 2. The van der Waals surface area contributed by atoms with Crippen LogP contribution in [0, 0.1) is 0 Å². The van der Waals surface area contributed by atoms with Gasteiger partial charge in [0.1, 0.15) is 5.75 Å². The van der Waals surface area contributed by atoms with Crippen LogP contribution in [0.5, 0.6) is 5.75 Å². The van der Waals surface area contributed by atoms with Gasteiger partial charge in [-0.3, -0.25) is 14.5 Å². The number of piperazine rings is 1. The topological polar surface area (TPSA) is 64.1 Å². The minimum Gasteiger partial charge on any atom is -0.508 e. The molecule has 1 aliphatic rings. The Morgan fingerprint density at radius 1 is 1.08 bits per heavy atom. The number of benzene rings is 1. The van der Waals surface area contributed by atoms with Crippen LogP contribution in [0.3, 0.4) is 0 Å². The first kappa shape index (κ1) is 19.2. The first-order chi connectivity index (χ1) is 12.0. The molecule has 2 amide bonds. The van der Waals surface area contributed by atoms with Gasteiger partial charge in [-0.15, -0.1) is 0 Å². The van der Waals surface area contributed by atoms with Crippen LogP contribution in [-0.4, -0.2) is 77.4 Å². The second-order valence-corrected chi connectivity index (χ2v) is 6.35. The van der Waals surface area contributed by atoms with Crippen molar-refractivity contribution in [3.8, 4) is 5.75 Å². The molecule has 138 valence electrons. The van der Waals surface area contributed by atoms with Gasteiger partial charge in [0.15, 0.2) is 0 Å². The van der Waals surface area contributed by atoms with E-state index in [-0.39, 0.29) is 17.6 Å². The van der Waals surface area contributed by atoms with E-state index in [1.807, 2.05) is 35.8 Å². The molecule has 0 bridgehead atoms.